The second-order valence-electron chi connectivity index (χ2n) is 24.0. The predicted octanol–water partition coefficient (Wildman–Crippen LogP) is 11.6. The maximum absolute atomic E-state index is 13.7. The minimum Gasteiger partial charge on any atom is -0.388 e. The summed E-state index contributed by atoms with van der Waals surface area (Å²) in [4.78, 5) is 13.7. The number of rotatable bonds is 35. The molecule has 0 unspecified atom stereocenters. The summed E-state index contributed by atoms with van der Waals surface area (Å²) in [5.74, 6) is -0.426. The Bertz CT molecular complexity index is 3460. The number of aliphatic hydroxyl groups excluding tert-OH is 1. The first-order valence-electron chi connectivity index (χ1n) is 32.9. The summed E-state index contributed by atoms with van der Waals surface area (Å²) in [5.41, 5.74) is 7.14. The van der Waals surface area contributed by atoms with Crippen LogP contribution in [0, 0.1) is 0 Å². The van der Waals surface area contributed by atoms with E-state index in [1.807, 2.05) is 243 Å². The zero-order valence-electron chi connectivity index (χ0n) is 54.1. The molecule has 15 atom stereocenters. The highest BCUT2D eigenvalue weighted by atomic mass is 16.8. The molecule has 504 valence electrons. The fourth-order valence-corrected chi connectivity index (χ4v) is 12.0. The van der Waals surface area contributed by atoms with E-state index in [-0.39, 0.29) is 79.3 Å². The van der Waals surface area contributed by atoms with E-state index in [1.165, 1.54) is 6.92 Å². The van der Waals surface area contributed by atoms with Gasteiger partial charge in [-0.05, 0) is 44.5 Å². The van der Waals surface area contributed by atoms with Crippen LogP contribution in [0.5, 0.6) is 0 Å². The second-order valence-corrected chi connectivity index (χ2v) is 24.0. The van der Waals surface area contributed by atoms with Crippen LogP contribution in [0.4, 0.5) is 0 Å². The molecular formula is C79H87NO16. The average molecular weight is 1310 g/mol. The number of nitrogens with one attached hydrogen (secondary N) is 1. The summed E-state index contributed by atoms with van der Waals surface area (Å²) in [6.07, 6.45) is -14.0. The molecule has 1 amide bonds. The topological polar surface area (TPSA) is 179 Å². The van der Waals surface area contributed by atoms with Crippen LogP contribution in [0.15, 0.2) is 255 Å². The molecule has 3 aliphatic heterocycles. The molecule has 0 saturated carbocycles. The van der Waals surface area contributed by atoms with E-state index in [9.17, 15) is 9.90 Å². The quantitative estimate of drug-likeness (QED) is 0.0358. The van der Waals surface area contributed by atoms with E-state index in [4.69, 9.17) is 66.3 Å². The van der Waals surface area contributed by atoms with Crippen molar-refractivity contribution in [3.05, 3.63) is 300 Å². The average Bonchev–Trinajstić information content (AvgIpc) is 0.773. The van der Waals surface area contributed by atoms with Crippen molar-refractivity contribution in [3.63, 3.8) is 0 Å². The molecule has 0 aromatic heterocycles. The van der Waals surface area contributed by atoms with E-state index in [0.29, 0.717) is 0 Å². The van der Waals surface area contributed by atoms with Crippen molar-refractivity contribution < 1.29 is 76.2 Å². The fourth-order valence-electron chi connectivity index (χ4n) is 12.0. The Labute approximate surface area is 563 Å². The molecular weight excluding hydrogens is 1220 g/mol. The SMILES string of the molecule is C=CCO[C@@H]1O[C@H](COCc2ccccc2)[C@@H](O[C@@H]2O[C@H](COCc3ccccc3)[C@H](OCc3ccccc3)[C@H](O[C@@H]3O[C@H](COCc4ccccc4)[C@@H](O)[C@H](OCc4ccccc4)[C@H]3NC(C)=O)[C@H]2OCc2ccccc2)[C@H](OCc2ccccc2)[C@H]1OCc1ccccc1. The van der Waals surface area contributed by atoms with E-state index in [1.54, 1.807) is 6.08 Å². The molecule has 11 rings (SSSR count). The van der Waals surface area contributed by atoms with E-state index < -0.39 is 98.0 Å². The van der Waals surface area contributed by atoms with E-state index in [0.717, 1.165) is 44.5 Å². The number of hydrogen-bond donors (Lipinski definition) is 2. The second kappa shape index (κ2) is 37.2. The predicted molar refractivity (Wildman–Crippen MR) is 359 cm³/mol. The van der Waals surface area contributed by atoms with Crippen molar-refractivity contribution in [1.82, 2.24) is 5.32 Å². The summed E-state index contributed by atoms with van der Waals surface area (Å²) in [7, 11) is 0. The van der Waals surface area contributed by atoms with Gasteiger partial charge >= 0.3 is 0 Å². The number of carbonyl (C=O) groups is 1. The Morgan fingerprint density at radius 1 is 0.365 bits per heavy atom. The van der Waals surface area contributed by atoms with Gasteiger partial charge in [-0.25, -0.2) is 0 Å². The first-order valence-corrected chi connectivity index (χ1v) is 32.9. The lowest BCUT2D eigenvalue weighted by Gasteiger charge is -2.51. The van der Waals surface area contributed by atoms with Gasteiger partial charge in [-0.1, -0.05) is 249 Å². The zero-order valence-corrected chi connectivity index (χ0v) is 54.1. The Balaban J connectivity index is 1.04. The lowest BCUT2D eigenvalue weighted by atomic mass is 9.94. The highest BCUT2D eigenvalue weighted by Gasteiger charge is 2.57. The van der Waals surface area contributed by atoms with Crippen molar-refractivity contribution in [2.45, 2.75) is 152 Å². The molecule has 3 aliphatic rings. The molecule has 8 aromatic carbocycles. The van der Waals surface area contributed by atoms with Crippen LogP contribution in [0.25, 0.3) is 0 Å². The lowest BCUT2D eigenvalue weighted by molar-refractivity contribution is -0.389. The Morgan fingerprint density at radius 2 is 0.667 bits per heavy atom. The van der Waals surface area contributed by atoms with Gasteiger partial charge in [0.15, 0.2) is 18.9 Å². The number of ether oxygens (including phenoxy) is 14. The third kappa shape index (κ3) is 20.5. The molecule has 0 spiro atoms. The van der Waals surface area contributed by atoms with Gasteiger partial charge in [0.1, 0.15) is 73.2 Å². The van der Waals surface area contributed by atoms with Crippen LogP contribution in [-0.4, -0.2) is 129 Å². The third-order valence-corrected chi connectivity index (χ3v) is 16.8. The van der Waals surface area contributed by atoms with Gasteiger partial charge in [-0.2, -0.15) is 0 Å². The molecule has 0 bridgehead atoms. The fraction of sp³-hybridized carbons (Fsp3) is 0.354. The molecule has 96 heavy (non-hydrogen) atoms. The monoisotopic (exact) mass is 1310 g/mol. The van der Waals surface area contributed by atoms with E-state index in [2.05, 4.69) is 11.9 Å². The summed E-state index contributed by atoms with van der Waals surface area (Å²) < 4.78 is 98.7. The van der Waals surface area contributed by atoms with Gasteiger partial charge in [0.25, 0.3) is 0 Å². The zero-order chi connectivity index (χ0) is 65.9. The summed E-state index contributed by atoms with van der Waals surface area (Å²) in [6, 6.07) is 77.2. The number of hydrogen-bond acceptors (Lipinski definition) is 16. The molecule has 2 N–H and O–H groups in total. The normalized spacial score (nSPS) is 25.8. The molecule has 17 heteroatoms. The smallest absolute Gasteiger partial charge is 0.217 e. The lowest BCUT2D eigenvalue weighted by Crippen LogP contribution is -2.69. The highest BCUT2D eigenvalue weighted by Crippen LogP contribution is 2.39. The van der Waals surface area contributed by atoms with Gasteiger partial charge in [0.2, 0.25) is 5.91 Å². The summed E-state index contributed by atoms with van der Waals surface area (Å²) in [6.45, 7) is 6.56. The van der Waals surface area contributed by atoms with Crippen LogP contribution in [-0.2, 0) is 124 Å². The Kier molecular flexibility index (Phi) is 27.0. The largest absolute Gasteiger partial charge is 0.388 e. The van der Waals surface area contributed by atoms with Crippen molar-refractivity contribution in [2.75, 3.05) is 26.4 Å². The molecule has 17 nitrogen and oxygen atoms in total. The minimum atomic E-state index is -1.39. The van der Waals surface area contributed by atoms with Crippen molar-refractivity contribution in [3.8, 4) is 0 Å². The maximum atomic E-state index is 13.7. The maximum Gasteiger partial charge on any atom is 0.217 e. The van der Waals surface area contributed by atoms with Crippen molar-refractivity contribution in [1.29, 1.82) is 0 Å². The standard InChI is InChI=1S/C79H87NO16/c1-3-44-86-78-75(90-51-63-40-24-10-25-41-63)73(89-50-62-38-22-9-23-39-62)71(67(93-78)55-85-47-59-32-16-6-17-33-59)95-79-76(91-52-64-42-26-11-27-43-64)74(70(87-48-60-34-18-7-19-35-60)66(94-79)54-84-46-58-30-14-5-15-31-58)96-77-68(80-56(2)81)72(88-49-61-36-20-8-21-37-61)69(82)65(92-77)53-83-45-57-28-12-4-13-29-57/h3-43,65-79,82H,1,44-55H2,2H3,(H,80,81)/t65-,66-,67-,68-,69-,70+,71-,72-,73+,74+,75-,76-,77+,78-,79+/m1/s1. The van der Waals surface area contributed by atoms with Gasteiger partial charge in [-0.3, -0.25) is 4.79 Å². The molecule has 3 heterocycles. The molecule has 3 saturated heterocycles. The van der Waals surface area contributed by atoms with Crippen molar-refractivity contribution in [2.24, 2.45) is 0 Å². The molecule has 0 radical (unpaired) electrons. The van der Waals surface area contributed by atoms with Crippen LogP contribution in [0.3, 0.4) is 0 Å². The highest BCUT2D eigenvalue weighted by molar-refractivity contribution is 5.73. The van der Waals surface area contributed by atoms with Crippen LogP contribution in [0.2, 0.25) is 0 Å². The third-order valence-electron chi connectivity index (χ3n) is 16.8. The van der Waals surface area contributed by atoms with Crippen LogP contribution < -0.4 is 5.32 Å². The molecule has 0 aliphatic carbocycles. The number of amides is 1. The Morgan fingerprint density at radius 3 is 1.05 bits per heavy atom. The van der Waals surface area contributed by atoms with Crippen LogP contribution in [0.1, 0.15) is 51.4 Å². The minimum absolute atomic E-state index is 0.00648. The molecule has 3 fully saturated rings. The van der Waals surface area contributed by atoms with Gasteiger partial charge in [-0.15, -0.1) is 6.58 Å². The van der Waals surface area contributed by atoms with Crippen molar-refractivity contribution >= 4 is 5.91 Å². The van der Waals surface area contributed by atoms with Gasteiger partial charge in [0.05, 0.1) is 79.3 Å². The number of aliphatic hydroxyl groups is 1. The summed E-state index contributed by atoms with van der Waals surface area (Å²) >= 11 is 0. The first-order chi connectivity index (χ1) is 47.3. The number of carbonyl (C=O) groups excluding carboxylic acids is 1. The van der Waals surface area contributed by atoms with Gasteiger partial charge in [0, 0.05) is 6.92 Å². The number of benzene rings is 8. The first kappa shape index (κ1) is 69.7. The Hall–Kier alpha value is -7.63. The van der Waals surface area contributed by atoms with E-state index >= 15 is 0 Å². The molecule has 8 aromatic rings. The van der Waals surface area contributed by atoms with Gasteiger partial charge < -0.3 is 76.7 Å². The summed E-state index contributed by atoms with van der Waals surface area (Å²) in [5, 5.41) is 15.7. The van der Waals surface area contributed by atoms with Crippen LogP contribution >= 0.6 is 0 Å².